The maximum absolute atomic E-state index is 11.8. The molecule has 32 heavy (non-hydrogen) atoms. The fourth-order valence-electron chi connectivity index (χ4n) is 4.34. The minimum absolute atomic E-state index is 0.0375. The molecule has 0 amide bonds. The maximum Gasteiger partial charge on any atom is 0.231 e. The summed E-state index contributed by atoms with van der Waals surface area (Å²) in [4.78, 5) is 16.6. The predicted octanol–water partition coefficient (Wildman–Crippen LogP) is 3.94. The number of carbonyl (C=O) groups is 1. The van der Waals surface area contributed by atoms with Gasteiger partial charge < -0.3 is 25.8 Å². The number of carbonyl (C=O) groups excluding carboxylic acids is 1. The second-order valence-electron chi connectivity index (χ2n) is 8.63. The Morgan fingerprint density at radius 2 is 1.97 bits per heavy atom. The summed E-state index contributed by atoms with van der Waals surface area (Å²) in [6, 6.07) is 13.4. The van der Waals surface area contributed by atoms with Gasteiger partial charge in [-0.25, -0.2) is 4.99 Å². The topological polar surface area (TPSA) is 98.0 Å². The van der Waals surface area contributed by atoms with Gasteiger partial charge in [-0.3, -0.25) is 4.79 Å². The van der Waals surface area contributed by atoms with Gasteiger partial charge in [-0.05, 0) is 74.4 Å². The van der Waals surface area contributed by atoms with E-state index in [0.717, 1.165) is 42.3 Å². The van der Waals surface area contributed by atoms with Crippen LogP contribution in [0.1, 0.15) is 48.5 Å². The number of fused-ring (bicyclic) bond motifs is 1. The Morgan fingerprint density at radius 1 is 1.12 bits per heavy atom. The molecule has 170 valence electrons. The summed E-state index contributed by atoms with van der Waals surface area (Å²) in [7, 11) is 0. The number of anilines is 1. The van der Waals surface area contributed by atoms with Crippen molar-refractivity contribution in [3.05, 3.63) is 53.6 Å². The molecule has 7 nitrogen and oxygen atoms in total. The number of hydrogen-bond acceptors (Lipinski definition) is 5. The highest BCUT2D eigenvalue weighted by molar-refractivity contribution is 5.98. The minimum atomic E-state index is 0.0375. The Morgan fingerprint density at radius 3 is 2.81 bits per heavy atom. The van der Waals surface area contributed by atoms with E-state index in [2.05, 4.69) is 10.6 Å². The van der Waals surface area contributed by atoms with Crippen molar-refractivity contribution in [3.8, 4) is 11.5 Å². The van der Waals surface area contributed by atoms with Gasteiger partial charge in [0.1, 0.15) is 0 Å². The van der Waals surface area contributed by atoms with Crippen LogP contribution in [0.15, 0.2) is 47.5 Å². The molecular formula is C25H32N4O3. The van der Waals surface area contributed by atoms with Crippen molar-refractivity contribution in [1.82, 2.24) is 5.32 Å². The smallest absolute Gasteiger partial charge is 0.231 e. The van der Waals surface area contributed by atoms with Crippen molar-refractivity contribution in [3.63, 3.8) is 0 Å². The number of ketones is 1. The van der Waals surface area contributed by atoms with Gasteiger partial charge in [0.15, 0.2) is 23.2 Å². The lowest BCUT2D eigenvalue weighted by molar-refractivity contribution is 0.101. The highest BCUT2D eigenvalue weighted by Gasteiger charge is 2.21. The fourth-order valence-corrected chi connectivity index (χ4v) is 4.34. The van der Waals surface area contributed by atoms with E-state index in [9.17, 15) is 4.79 Å². The molecule has 0 saturated heterocycles. The molecule has 1 saturated carbocycles. The number of nitrogens with two attached hydrogens (primary N) is 1. The molecule has 1 heterocycles. The van der Waals surface area contributed by atoms with Crippen LogP contribution in [0.4, 0.5) is 5.69 Å². The van der Waals surface area contributed by atoms with Gasteiger partial charge in [-0.2, -0.15) is 0 Å². The van der Waals surface area contributed by atoms with Gasteiger partial charge in [0.2, 0.25) is 6.79 Å². The Hall–Kier alpha value is -3.06. The zero-order valence-corrected chi connectivity index (χ0v) is 18.6. The lowest BCUT2D eigenvalue weighted by Gasteiger charge is -2.29. The van der Waals surface area contributed by atoms with Crippen molar-refractivity contribution in [1.29, 1.82) is 0 Å². The highest BCUT2D eigenvalue weighted by atomic mass is 16.7. The van der Waals surface area contributed by atoms with E-state index < -0.39 is 0 Å². The quantitative estimate of drug-likeness (QED) is 0.346. The van der Waals surface area contributed by atoms with E-state index in [1.807, 2.05) is 42.5 Å². The van der Waals surface area contributed by atoms with E-state index >= 15 is 0 Å². The predicted molar refractivity (Wildman–Crippen MR) is 126 cm³/mol. The number of hydrogen-bond donors (Lipinski definition) is 3. The average Bonchev–Trinajstić information content (AvgIpc) is 3.29. The van der Waals surface area contributed by atoms with E-state index in [1.165, 1.54) is 19.3 Å². The van der Waals surface area contributed by atoms with E-state index in [4.69, 9.17) is 20.2 Å². The van der Waals surface area contributed by atoms with Crippen LogP contribution in [0.25, 0.3) is 0 Å². The first-order chi connectivity index (χ1) is 15.6. The van der Waals surface area contributed by atoms with E-state index in [0.29, 0.717) is 29.9 Å². The third-order valence-corrected chi connectivity index (χ3v) is 6.17. The zero-order valence-electron chi connectivity index (χ0n) is 18.6. The number of ether oxygens (including phenoxy) is 2. The van der Waals surface area contributed by atoms with Crippen LogP contribution in [-0.4, -0.2) is 31.6 Å². The van der Waals surface area contributed by atoms with Gasteiger partial charge in [-0.1, -0.05) is 24.6 Å². The number of nitrogens with zero attached hydrogens (tertiary/aromatic N) is 1. The van der Waals surface area contributed by atoms with Crippen LogP contribution < -0.4 is 25.8 Å². The fraction of sp³-hybridized carbons (Fsp3) is 0.440. The zero-order chi connectivity index (χ0) is 22.3. The minimum Gasteiger partial charge on any atom is -0.454 e. The number of benzene rings is 2. The van der Waals surface area contributed by atoms with Gasteiger partial charge >= 0.3 is 0 Å². The molecule has 4 rings (SSSR count). The molecule has 2 aliphatic rings. The maximum atomic E-state index is 11.8. The summed E-state index contributed by atoms with van der Waals surface area (Å²) in [5, 5.41) is 6.88. The summed E-state index contributed by atoms with van der Waals surface area (Å²) in [6.45, 7) is 3.93. The molecule has 0 spiro atoms. The van der Waals surface area contributed by atoms with Crippen molar-refractivity contribution in [2.45, 2.75) is 39.2 Å². The number of nitrogens with one attached hydrogen (secondary N) is 2. The Labute approximate surface area is 189 Å². The Kier molecular flexibility index (Phi) is 7.27. The van der Waals surface area contributed by atoms with Gasteiger partial charge in [0.25, 0.3) is 0 Å². The molecule has 2 aromatic rings. The summed E-state index contributed by atoms with van der Waals surface area (Å²) < 4.78 is 10.9. The summed E-state index contributed by atoms with van der Waals surface area (Å²) in [6.07, 6.45) is 4.82. The van der Waals surface area contributed by atoms with Crippen molar-refractivity contribution < 1.29 is 14.3 Å². The molecule has 0 aromatic heterocycles. The molecule has 2 unspecified atom stereocenters. The molecule has 2 aromatic carbocycles. The van der Waals surface area contributed by atoms with Gasteiger partial charge in [-0.15, -0.1) is 0 Å². The average molecular weight is 437 g/mol. The summed E-state index contributed by atoms with van der Waals surface area (Å²) in [5.41, 5.74) is 8.45. The first-order valence-electron chi connectivity index (χ1n) is 11.4. The molecule has 7 heteroatoms. The lowest BCUT2D eigenvalue weighted by Crippen LogP contribution is -2.37. The van der Waals surface area contributed by atoms with Crippen LogP contribution in [0.5, 0.6) is 11.5 Å². The molecule has 1 fully saturated rings. The molecular weight excluding hydrogens is 404 g/mol. The van der Waals surface area contributed by atoms with Crippen molar-refractivity contribution >= 4 is 17.4 Å². The molecule has 1 aliphatic carbocycles. The first-order valence-corrected chi connectivity index (χ1v) is 11.4. The highest BCUT2D eigenvalue weighted by Crippen LogP contribution is 2.32. The summed E-state index contributed by atoms with van der Waals surface area (Å²) in [5.74, 6) is 3.45. The first kappa shape index (κ1) is 22.1. The third kappa shape index (κ3) is 5.79. The van der Waals surface area contributed by atoms with Gasteiger partial charge in [0.05, 0.1) is 6.54 Å². The normalized spacial score (nSPS) is 20.1. The molecule has 0 radical (unpaired) electrons. The molecule has 1 aliphatic heterocycles. The van der Waals surface area contributed by atoms with E-state index in [1.54, 1.807) is 6.92 Å². The van der Waals surface area contributed by atoms with Crippen LogP contribution in [0.2, 0.25) is 0 Å². The number of Topliss-reactive ketones (excluding diaryl/α,β-unsaturated/α-hetero) is 1. The SMILES string of the molecule is CC(=O)c1cccc(NC(=NCc2ccc3c(c2)OCO3)NCC2CCCC(CN)C2)c1. The largest absolute Gasteiger partial charge is 0.454 e. The third-order valence-electron chi connectivity index (χ3n) is 6.17. The molecule has 2 atom stereocenters. The van der Waals surface area contributed by atoms with Crippen LogP contribution in [0.3, 0.4) is 0 Å². The summed E-state index contributed by atoms with van der Waals surface area (Å²) >= 11 is 0. The van der Waals surface area contributed by atoms with Crippen LogP contribution in [-0.2, 0) is 6.54 Å². The number of aliphatic imine (C=N–C) groups is 1. The van der Waals surface area contributed by atoms with Crippen molar-refractivity contribution in [2.24, 2.45) is 22.6 Å². The second-order valence-corrected chi connectivity index (χ2v) is 8.63. The lowest BCUT2D eigenvalue weighted by atomic mass is 9.81. The second kappa shape index (κ2) is 10.5. The van der Waals surface area contributed by atoms with E-state index in [-0.39, 0.29) is 12.6 Å². The Bertz CT molecular complexity index is 975. The molecule has 0 bridgehead atoms. The molecule has 4 N–H and O–H groups in total. The Balaban J connectivity index is 1.47. The number of guanidine groups is 1. The van der Waals surface area contributed by atoms with Gasteiger partial charge in [0, 0.05) is 17.8 Å². The number of rotatable bonds is 7. The van der Waals surface area contributed by atoms with Crippen molar-refractivity contribution in [2.75, 3.05) is 25.2 Å². The van der Waals surface area contributed by atoms with Crippen LogP contribution >= 0.6 is 0 Å². The standard InChI is InChI=1S/C25H32N4O3/c1-17(30)21-6-3-7-22(12-21)29-25(27-14-19-5-2-4-18(10-19)13-26)28-15-20-8-9-23-24(11-20)32-16-31-23/h3,6-9,11-12,18-19H,2,4-5,10,13-16,26H2,1H3,(H2,27,28,29). The van der Waals surface area contributed by atoms with Crippen LogP contribution in [0, 0.1) is 11.8 Å². The monoisotopic (exact) mass is 436 g/mol.